The van der Waals surface area contributed by atoms with Gasteiger partial charge >= 0.3 is 0 Å². The van der Waals surface area contributed by atoms with E-state index in [1.165, 1.54) is 38.3 Å². The molecule has 1 amide bonds. The summed E-state index contributed by atoms with van der Waals surface area (Å²) in [5, 5.41) is 0. The third-order valence-corrected chi connectivity index (χ3v) is 6.68. The smallest absolute Gasteiger partial charge is 0.239 e. The molecule has 0 aromatic heterocycles. The van der Waals surface area contributed by atoms with Gasteiger partial charge in [-0.3, -0.25) is 4.79 Å². The number of nitrogens with two attached hydrogens (primary N) is 1. The van der Waals surface area contributed by atoms with Gasteiger partial charge in [0.1, 0.15) is 11.5 Å². The minimum absolute atomic E-state index is 0.0190. The van der Waals surface area contributed by atoms with Gasteiger partial charge in [0.25, 0.3) is 0 Å². The Bertz CT molecular complexity index is 860. The number of ether oxygens (including phenoxy) is 2. The molecule has 0 spiro atoms. The number of sulfone groups is 1. The van der Waals surface area contributed by atoms with Crippen molar-refractivity contribution in [3.8, 4) is 11.5 Å². The molecule has 6 nitrogen and oxygen atoms in total. The van der Waals surface area contributed by atoms with Crippen molar-refractivity contribution in [2.75, 3.05) is 13.7 Å². The van der Waals surface area contributed by atoms with Crippen LogP contribution in [0.2, 0.25) is 0 Å². The number of rotatable bonds is 8. The number of benzene rings is 2. The molecule has 1 unspecified atom stereocenters. The molecule has 0 radical (unpaired) electrons. The monoisotopic (exact) mass is 377 g/mol. The molecular formula is C19H23NO5S. The Kier molecular flexibility index (Phi) is 5.92. The van der Waals surface area contributed by atoms with Gasteiger partial charge in [-0.25, -0.2) is 8.42 Å². The summed E-state index contributed by atoms with van der Waals surface area (Å²) in [6.07, 6.45) is -0.0386. The van der Waals surface area contributed by atoms with Gasteiger partial charge in [0.05, 0.1) is 18.6 Å². The second kappa shape index (κ2) is 7.78. The van der Waals surface area contributed by atoms with Crippen LogP contribution in [0.1, 0.15) is 19.4 Å². The summed E-state index contributed by atoms with van der Waals surface area (Å²) in [5.41, 5.74) is 6.18. The van der Waals surface area contributed by atoms with Gasteiger partial charge in [0.15, 0.2) is 14.6 Å². The predicted molar refractivity (Wildman–Crippen MR) is 99.1 cm³/mol. The van der Waals surface area contributed by atoms with Gasteiger partial charge in [-0.15, -0.1) is 0 Å². The van der Waals surface area contributed by atoms with Gasteiger partial charge < -0.3 is 15.2 Å². The first-order chi connectivity index (χ1) is 12.2. The van der Waals surface area contributed by atoms with Crippen molar-refractivity contribution < 1.29 is 22.7 Å². The SMILES string of the molecule is CCOc1ccc(CC(C)(C(N)=O)S(=O)(=O)c2ccc(OC)cc2)cc1. The molecule has 0 saturated carbocycles. The van der Waals surface area contributed by atoms with E-state index in [4.69, 9.17) is 15.2 Å². The topological polar surface area (TPSA) is 95.7 Å². The molecule has 7 heteroatoms. The molecule has 0 aliphatic carbocycles. The Morgan fingerprint density at radius 3 is 2.04 bits per heavy atom. The van der Waals surface area contributed by atoms with Crippen molar-refractivity contribution in [2.24, 2.45) is 5.73 Å². The van der Waals surface area contributed by atoms with E-state index in [-0.39, 0.29) is 11.3 Å². The van der Waals surface area contributed by atoms with Crippen molar-refractivity contribution in [3.05, 3.63) is 54.1 Å². The van der Waals surface area contributed by atoms with Crippen LogP contribution >= 0.6 is 0 Å². The molecule has 26 heavy (non-hydrogen) atoms. The number of carbonyl (C=O) groups excluding carboxylic acids is 1. The number of amides is 1. The highest BCUT2D eigenvalue weighted by molar-refractivity contribution is 7.93. The molecule has 2 rings (SSSR count). The number of hydrogen-bond acceptors (Lipinski definition) is 5. The van der Waals surface area contributed by atoms with Gasteiger partial charge in [-0.1, -0.05) is 12.1 Å². The van der Waals surface area contributed by atoms with E-state index in [1.54, 1.807) is 24.3 Å². The van der Waals surface area contributed by atoms with Gasteiger partial charge in [-0.05, 0) is 55.8 Å². The normalized spacial score (nSPS) is 13.7. The lowest BCUT2D eigenvalue weighted by Gasteiger charge is -2.26. The molecule has 0 bridgehead atoms. The van der Waals surface area contributed by atoms with Crippen LogP contribution in [0.15, 0.2) is 53.4 Å². The predicted octanol–water partition coefficient (Wildman–Crippen LogP) is 2.35. The molecule has 2 aromatic rings. The zero-order chi connectivity index (χ0) is 19.4. The van der Waals surface area contributed by atoms with Gasteiger partial charge in [0.2, 0.25) is 5.91 Å². The van der Waals surface area contributed by atoms with Crippen molar-refractivity contribution in [3.63, 3.8) is 0 Å². The van der Waals surface area contributed by atoms with Crippen molar-refractivity contribution in [1.82, 2.24) is 0 Å². The Hall–Kier alpha value is -2.54. The number of primary amides is 1. The molecule has 0 fully saturated rings. The second-order valence-electron chi connectivity index (χ2n) is 6.03. The fraction of sp³-hybridized carbons (Fsp3) is 0.316. The summed E-state index contributed by atoms with van der Waals surface area (Å²) < 4.78 is 34.8. The maximum atomic E-state index is 13.1. The van der Waals surface area contributed by atoms with Crippen molar-refractivity contribution in [2.45, 2.75) is 29.9 Å². The summed E-state index contributed by atoms with van der Waals surface area (Å²) in [6.45, 7) is 3.76. The van der Waals surface area contributed by atoms with Crippen molar-refractivity contribution in [1.29, 1.82) is 0 Å². The maximum Gasteiger partial charge on any atom is 0.239 e. The molecule has 0 heterocycles. The number of carbonyl (C=O) groups is 1. The number of methoxy groups -OCH3 is 1. The van der Waals surface area contributed by atoms with Crippen molar-refractivity contribution >= 4 is 15.7 Å². The van der Waals surface area contributed by atoms with E-state index < -0.39 is 20.5 Å². The van der Waals surface area contributed by atoms with E-state index >= 15 is 0 Å². The molecule has 0 aliphatic rings. The third-order valence-electron chi connectivity index (χ3n) is 4.26. The Balaban J connectivity index is 2.39. The summed E-state index contributed by atoms with van der Waals surface area (Å²) in [7, 11) is -2.52. The minimum atomic E-state index is -4.00. The van der Waals surface area contributed by atoms with Crippen LogP contribution < -0.4 is 15.2 Å². The molecule has 1 atom stereocenters. The molecule has 0 saturated heterocycles. The Morgan fingerprint density at radius 1 is 1.04 bits per heavy atom. The van der Waals surface area contributed by atoms with Crippen LogP contribution in [0.4, 0.5) is 0 Å². The standard InChI is InChI=1S/C19H23NO5S/c1-4-25-16-7-5-14(6-8-16)13-19(2,18(20)21)26(22,23)17-11-9-15(24-3)10-12-17/h5-12H,4,13H2,1-3H3,(H2,20,21). The fourth-order valence-corrected chi connectivity index (χ4v) is 4.23. The molecular weight excluding hydrogens is 354 g/mol. The lowest BCUT2D eigenvalue weighted by Crippen LogP contribution is -2.49. The lowest BCUT2D eigenvalue weighted by atomic mass is 9.99. The third kappa shape index (κ3) is 3.83. The lowest BCUT2D eigenvalue weighted by molar-refractivity contribution is -0.120. The zero-order valence-electron chi connectivity index (χ0n) is 15.1. The maximum absolute atomic E-state index is 13.1. The largest absolute Gasteiger partial charge is 0.497 e. The van der Waals surface area contributed by atoms with Gasteiger partial charge in [0, 0.05) is 6.42 Å². The molecule has 2 N–H and O–H groups in total. The van der Waals surface area contributed by atoms with Crippen LogP contribution in [-0.4, -0.2) is 32.8 Å². The quantitative estimate of drug-likeness (QED) is 0.762. The highest BCUT2D eigenvalue weighted by Gasteiger charge is 2.45. The Morgan fingerprint density at radius 2 is 1.58 bits per heavy atom. The van der Waals surface area contributed by atoms with Crippen LogP contribution in [0.5, 0.6) is 11.5 Å². The highest BCUT2D eigenvalue weighted by Crippen LogP contribution is 2.31. The van der Waals surface area contributed by atoms with E-state index in [0.717, 1.165) is 0 Å². The first-order valence-electron chi connectivity index (χ1n) is 8.15. The van der Waals surface area contributed by atoms with Crippen LogP contribution in [0.3, 0.4) is 0 Å². The summed E-state index contributed by atoms with van der Waals surface area (Å²) in [5.74, 6) is 0.300. The average Bonchev–Trinajstić information content (AvgIpc) is 2.63. The zero-order valence-corrected chi connectivity index (χ0v) is 15.9. The van der Waals surface area contributed by atoms with E-state index in [9.17, 15) is 13.2 Å². The van der Waals surface area contributed by atoms with E-state index in [2.05, 4.69) is 0 Å². The van der Waals surface area contributed by atoms with Crippen LogP contribution in [-0.2, 0) is 21.1 Å². The second-order valence-corrected chi connectivity index (χ2v) is 8.41. The minimum Gasteiger partial charge on any atom is -0.497 e. The van der Waals surface area contributed by atoms with Gasteiger partial charge in [-0.2, -0.15) is 0 Å². The summed E-state index contributed by atoms with van der Waals surface area (Å²) in [6, 6.07) is 12.8. The molecule has 0 aliphatic heterocycles. The first kappa shape index (κ1) is 19.8. The average molecular weight is 377 g/mol. The molecule has 2 aromatic carbocycles. The van der Waals surface area contributed by atoms with Crippen LogP contribution in [0.25, 0.3) is 0 Å². The fourth-order valence-electron chi connectivity index (χ4n) is 2.59. The van der Waals surface area contributed by atoms with E-state index in [1.807, 2.05) is 6.92 Å². The van der Waals surface area contributed by atoms with Crippen LogP contribution in [0, 0.1) is 0 Å². The number of hydrogen-bond donors (Lipinski definition) is 1. The first-order valence-corrected chi connectivity index (χ1v) is 9.63. The Labute approximate surface area is 153 Å². The molecule has 140 valence electrons. The van der Waals surface area contributed by atoms with E-state index in [0.29, 0.717) is 23.7 Å². The summed E-state index contributed by atoms with van der Waals surface area (Å²) >= 11 is 0. The summed E-state index contributed by atoms with van der Waals surface area (Å²) in [4.78, 5) is 12.2. The highest BCUT2D eigenvalue weighted by atomic mass is 32.2.